The second-order valence-corrected chi connectivity index (χ2v) is 4.91. The van der Waals surface area contributed by atoms with E-state index < -0.39 is 0 Å². The molecule has 1 aromatic heterocycles. The van der Waals surface area contributed by atoms with Crippen molar-refractivity contribution in [1.29, 1.82) is 0 Å². The van der Waals surface area contributed by atoms with Crippen molar-refractivity contribution in [2.45, 2.75) is 0 Å². The summed E-state index contributed by atoms with van der Waals surface area (Å²) in [6, 6.07) is 3.66. The molecule has 5 heteroatoms. The van der Waals surface area contributed by atoms with Crippen LogP contribution < -0.4 is 0 Å². The Morgan fingerprint density at radius 3 is 3.06 bits per heavy atom. The standard InChI is InChI=1S/C11H9NO2S2/c1-15-11-12-9(10(13)16-11)6-2-4-8-5-3-7-14-8/h2-7H,1H3. The Morgan fingerprint density at radius 1 is 1.56 bits per heavy atom. The minimum Gasteiger partial charge on any atom is -0.465 e. The summed E-state index contributed by atoms with van der Waals surface area (Å²) in [6.45, 7) is 0. The molecule has 1 aromatic rings. The van der Waals surface area contributed by atoms with Gasteiger partial charge in [0.1, 0.15) is 15.8 Å². The van der Waals surface area contributed by atoms with Crippen LogP contribution in [0.15, 0.2) is 45.7 Å². The molecule has 0 unspecified atom stereocenters. The molecular formula is C11H9NO2S2. The van der Waals surface area contributed by atoms with Crippen LogP contribution in [-0.4, -0.2) is 15.7 Å². The van der Waals surface area contributed by atoms with Crippen molar-refractivity contribution in [2.24, 2.45) is 4.99 Å². The van der Waals surface area contributed by atoms with E-state index in [0.29, 0.717) is 5.70 Å². The van der Waals surface area contributed by atoms with Crippen molar-refractivity contribution in [3.05, 3.63) is 42.0 Å². The van der Waals surface area contributed by atoms with E-state index in [4.69, 9.17) is 4.42 Å². The zero-order valence-corrected chi connectivity index (χ0v) is 10.2. The third-order valence-electron chi connectivity index (χ3n) is 1.83. The molecule has 1 aliphatic heterocycles. The predicted molar refractivity (Wildman–Crippen MR) is 69.4 cm³/mol. The highest BCUT2D eigenvalue weighted by molar-refractivity contribution is 8.45. The SMILES string of the molecule is CSC1=NC(=CC=Cc2ccco2)C(=O)S1. The highest BCUT2D eigenvalue weighted by atomic mass is 32.2. The van der Waals surface area contributed by atoms with Crippen molar-refractivity contribution in [2.75, 3.05) is 6.26 Å². The van der Waals surface area contributed by atoms with Crippen LogP contribution in [0.2, 0.25) is 0 Å². The lowest BCUT2D eigenvalue weighted by Gasteiger charge is -1.85. The summed E-state index contributed by atoms with van der Waals surface area (Å²) < 4.78 is 5.92. The fraction of sp³-hybridized carbons (Fsp3) is 0.0909. The minimum atomic E-state index is -0.00607. The number of aliphatic imine (C=N–C) groups is 1. The van der Waals surface area contributed by atoms with Crippen LogP contribution in [0, 0.1) is 0 Å². The molecule has 0 spiro atoms. The second-order valence-electron chi connectivity index (χ2n) is 2.90. The van der Waals surface area contributed by atoms with E-state index in [0.717, 1.165) is 10.1 Å². The van der Waals surface area contributed by atoms with Gasteiger partial charge in [0.15, 0.2) is 0 Å². The summed E-state index contributed by atoms with van der Waals surface area (Å²) >= 11 is 2.65. The summed E-state index contributed by atoms with van der Waals surface area (Å²) in [7, 11) is 0. The number of thioether (sulfide) groups is 2. The monoisotopic (exact) mass is 251 g/mol. The third-order valence-corrected chi connectivity index (χ3v) is 3.68. The van der Waals surface area contributed by atoms with Crippen LogP contribution in [0.4, 0.5) is 0 Å². The molecule has 0 radical (unpaired) electrons. The largest absolute Gasteiger partial charge is 0.465 e. The summed E-state index contributed by atoms with van der Waals surface area (Å²) in [5.41, 5.74) is 0.483. The summed E-state index contributed by atoms with van der Waals surface area (Å²) in [6.07, 6.45) is 8.76. The van der Waals surface area contributed by atoms with Gasteiger partial charge in [0.25, 0.3) is 0 Å². The first-order valence-electron chi connectivity index (χ1n) is 4.56. The number of carbonyl (C=O) groups excluding carboxylic acids is 1. The maximum Gasteiger partial charge on any atom is 0.244 e. The van der Waals surface area contributed by atoms with Gasteiger partial charge in [0, 0.05) is 0 Å². The Morgan fingerprint density at radius 2 is 2.44 bits per heavy atom. The number of allylic oxidation sites excluding steroid dienone is 2. The minimum absolute atomic E-state index is 0.00607. The van der Waals surface area contributed by atoms with E-state index in [2.05, 4.69) is 4.99 Å². The first kappa shape index (κ1) is 11.3. The average Bonchev–Trinajstić information content (AvgIpc) is 2.89. The number of hydrogen-bond acceptors (Lipinski definition) is 5. The van der Waals surface area contributed by atoms with Gasteiger partial charge in [-0.3, -0.25) is 4.79 Å². The average molecular weight is 251 g/mol. The second kappa shape index (κ2) is 5.23. The molecule has 0 aromatic carbocycles. The lowest BCUT2D eigenvalue weighted by molar-refractivity contribution is -0.107. The Labute approximate surface area is 102 Å². The molecule has 0 atom stereocenters. The maximum absolute atomic E-state index is 11.4. The Balaban J connectivity index is 2.08. The molecule has 2 heterocycles. The molecule has 0 N–H and O–H groups in total. The number of rotatable bonds is 2. The highest BCUT2D eigenvalue weighted by Crippen LogP contribution is 2.28. The van der Waals surface area contributed by atoms with Gasteiger partial charge in [-0.2, -0.15) is 0 Å². The van der Waals surface area contributed by atoms with Crippen LogP contribution in [0.5, 0.6) is 0 Å². The molecule has 16 heavy (non-hydrogen) atoms. The molecule has 0 amide bonds. The van der Waals surface area contributed by atoms with Gasteiger partial charge in [-0.25, -0.2) is 4.99 Å². The molecule has 0 saturated heterocycles. The summed E-state index contributed by atoms with van der Waals surface area (Å²) in [5.74, 6) is 0.754. The van der Waals surface area contributed by atoms with Crippen molar-refractivity contribution < 1.29 is 9.21 Å². The molecule has 2 rings (SSSR count). The lowest BCUT2D eigenvalue weighted by Crippen LogP contribution is -1.86. The van der Waals surface area contributed by atoms with Gasteiger partial charge < -0.3 is 4.42 Å². The van der Waals surface area contributed by atoms with E-state index in [1.807, 2.05) is 18.4 Å². The van der Waals surface area contributed by atoms with Gasteiger partial charge in [-0.15, -0.1) is 11.8 Å². The normalized spacial score (nSPS) is 18.7. The molecule has 82 valence electrons. The summed E-state index contributed by atoms with van der Waals surface area (Å²) in [5, 5.41) is -0.00607. The Kier molecular flexibility index (Phi) is 3.69. The van der Waals surface area contributed by atoms with Crippen molar-refractivity contribution in [1.82, 2.24) is 0 Å². The van der Waals surface area contributed by atoms with E-state index in [1.54, 1.807) is 24.5 Å². The van der Waals surface area contributed by atoms with Crippen molar-refractivity contribution >= 4 is 39.1 Å². The van der Waals surface area contributed by atoms with E-state index in [1.165, 1.54) is 23.5 Å². The van der Waals surface area contributed by atoms with Crippen LogP contribution in [-0.2, 0) is 4.79 Å². The number of furan rings is 1. The third kappa shape index (κ3) is 2.68. The predicted octanol–water partition coefficient (Wildman–Crippen LogP) is 3.17. The van der Waals surface area contributed by atoms with Crippen LogP contribution in [0.25, 0.3) is 6.08 Å². The maximum atomic E-state index is 11.4. The summed E-state index contributed by atoms with van der Waals surface area (Å²) in [4.78, 5) is 15.6. The Bertz CT molecular complexity index is 472. The molecule has 0 bridgehead atoms. The topological polar surface area (TPSA) is 42.6 Å². The number of hydrogen-bond donors (Lipinski definition) is 0. The van der Waals surface area contributed by atoms with Crippen LogP contribution in [0.3, 0.4) is 0 Å². The van der Waals surface area contributed by atoms with Gasteiger partial charge in [-0.05, 0) is 42.3 Å². The van der Waals surface area contributed by atoms with E-state index in [9.17, 15) is 4.79 Å². The molecule has 0 fully saturated rings. The van der Waals surface area contributed by atoms with Gasteiger partial charge in [0.2, 0.25) is 5.12 Å². The van der Waals surface area contributed by atoms with Crippen molar-refractivity contribution in [3.8, 4) is 0 Å². The zero-order chi connectivity index (χ0) is 11.4. The zero-order valence-electron chi connectivity index (χ0n) is 8.54. The quantitative estimate of drug-likeness (QED) is 0.757. The van der Waals surface area contributed by atoms with E-state index >= 15 is 0 Å². The fourth-order valence-corrected chi connectivity index (χ4v) is 2.38. The van der Waals surface area contributed by atoms with Gasteiger partial charge >= 0.3 is 0 Å². The van der Waals surface area contributed by atoms with Gasteiger partial charge in [-0.1, -0.05) is 6.08 Å². The first-order valence-corrected chi connectivity index (χ1v) is 6.60. The fourth-order valence-electron chi connectivity index (χ4n) is 1.11. The Hall–Kier alpha value is -1.20. The lowest BCUT2D eigenvalue weighted by atomic mass is 10.3. The molecule has 3 nitrogen and oxygen atoms in total. The molecule has 0 saturated carbocycles. The number of nitrogens with zero attached hydrogens (tertiary/aromatic N) is 1. The molecule has 0 aliphatic carbocycles. The smallest absolute Gasteiger partial charge is 0.244 e. The van der Waals surface area contributed by atoms with Crippen LogP contribution in [0.1, 0.15) is 5.76 Å². The molecule has 1 aliphatic rings. The van der Waals surface area contributed by atoms with E-state index in [-0.39, 0.29) is 5.12 Å². The molecular weight excluding hydrogens is 242 g/mol. The van der Waals surface area contributed by atoms with Crippen molar-refractivity contribution in [3.63, 3.8) is 0 Å². The highest BCUT2D eigenvalue weighted by Gasteiger charge is 2.20. The van der Waals surface area contributed by atoms with Gasteiger partial charge in [0.05, 0.1) is 6.26 Å². The first-order chi connectivity index (χ1) is 7.79. The number of carbonyl (C=O) groups is 1. The van der Waals surface area contributed by atoms with Crippen LogP contribution >= 0.6 is 23.5 Å².